The number of ether oxygens (including phenoxy) is 1. The smallest absolute Gasteiger partial charge is 0.250 e. The normalized spacial score (nSPS) is 18.0. The van der Waals surface area contributed by atoms with Crippen LogP contribution in [0.25, 0.3) is 0 Å². The number of hydrogen-bond donors (Lipinski definition) is 2. The zero-order valence-electron chi connectivity index (χ0n) is 16.1. The molecule has 0 aromatic heterocycles. The lowest BCUT2D eigenvalue weighted by molar-refractivity contribution is -0.116. The monoisotopic (exact) mass is 389 g/mol. The molecule has 1 atom stereocenters. The van der Waals surface area contributed by atoms with Crippen LogP contribution >= 0.6 is 0 Å². The second-order valence-electron chi connectivity index (χ2n) is 7.35. The number of rotatable bonds is 5. The Kier molecular flexibility index (Phi) is 5.13. The third kappa shape index (κ3) is 3.64. The van der Waals surface area contributed by atoms with Crippen molar-refractivity contribution in [2.45, 2.75) is 25.2 Å². The molecule has 2 heterocycles. The Hall–Kier alpha value is -3.46. The van der Waals surface area contributed by atoms with Crippen LogP contribution in [0.1, 0.15) is 46.7 Å². The zero-order chi connectivity index (χ0) is 20.4. The van der Waals surface area contributed by atoms with Gasteiger partial charge in [0.1, 0.15) is 12.4 Å². The van der Waals surface area contributed by atoms with Gasteiger partial charge in [-0.25, -0.2) is 0 Å². The number of nitrogens with one attached hydrogen (secondary N) is 1. The summed E-state index contributed by atoms with van der Waals surface area (Å²) in [6.45, 7) is 1.89. The minimum Gasteiger partial charge on any atom is -0.481 e. The first-order valence-corrected chi connectivity index (χ1v) is 9.76. The van der Waals surface area contributed by atoms with Crippen molar-refractivity contribution >= 4 is 23.2 Å². The highest BCUT2D eigenvalue weighted by Crippen LogP contribution is 2.43. The van der Waals surface area contributed by atoms with Crippen molar-refractivity contribution in [1.29, 1.82) is 0 Å². The lowest BCUT2D eigenvalue weighted by Gasteiger charge is -2.30. The quantitative estimate of drug-likeness (QED) is 0.770. The van der Waals surface area contributed by atoms with Crippen LogP contribution in [0, 0.1) is 12.3 Å². The Morgan fingerprint density at radius 2 is 2.00 bits per heavy atom. The molecule has 2 aromatic rings. The number of anilines is 2. The molecule has 3 N–H and O–H groups in total. The molecule has 0 spiro atoms. The van der Waals surface area contributed by atoms with Gasteiger partial charge in [0.15, 0.2) is 0 Å². The van der Waals surface area contributed by atoms with Gasteiger partial charge < -0.3 is 20.7 Å². The molecule has 29 heavy (non-hydrogen) atoms. The number of carbonyl (C=O) groups is 2. The van der Waals surface area contributed by atoms with E-state index in [4.69, 9.17) is 16.9 Å². The fraction of sp³-hybridized carbons (Fsp3) is 0.304. The molecule has 6 heteroatoms. The molecule has 148 valence electrons. The van der Waals surface area contributed by atoms with Crippen LogP contribution in [-0.4, -0.2) is 31.5 Å². The molecule has 4 rings (SSSR count). The summed E-state index contributed by atoms with van der Waals surface area (Å²) in [6.07, 6.45) is 7.74. The number of benzene rings is 2. The van der Waals surface area contributed by atoms with Gasteiger partial charge >= 0.3 is 0 Å². The maximum Gasteiger partial charge on any atom is 0.250 e. The van der Waals surface area contributed by atoms with Crippen LogP contribution in [0.2, 0.25) is 0 Å². The first-order valence-electron chi connectivity index (χ1n) is 9.76. The molecule has 0 aliphatic carbocycles. The first-order chi connectivity index (χ1) is 14.1. The van der Waals surface area contributed by atoms with E-state index in [-0.39, 0.29) is 24.9 Å². The highest BCUT2D eigenvalue weighted by atomic mass is 16.5. The summed E-state index contributed by atoms with van der Waals surface area (Å²) in [7, 11) is 0. The van der Waals surface area contributed by atoms with E-state index >= 15 is 0 Å². The van der Waals surface area contributed by atoms with E-state index in [0.29, 0.717) is 17.0 Å². The molecule has 2 amide bonds. The second kappa shape index (κ2) is 7.88. The van der Waals surface area contributed by atoms with Gasteiger partial charge in [-0.15, -0.1) is 6.42 Å². The van der Waals surface area contributed by atoms with E-state index in [0.717, 1.165) is 42.7 Å². The number of primary amides is 1. The van der Waals surface area contributed by atoms with Crippen LogP contribution in [0.3, 0.4) is 0 Å². The summed E-state index contributed by atoms with van der Waals surface area (Å²) >= 11 is 0. The van der Waals surface area contributed by atoms with Gasteiger partial charge in [-0.05, 0) is 36.6 Å². The van der Waals surface area contributed by atoms with Crippen LogP contribution in [-0.2, 0) is 4.79 Å². The Balaban J connectivity index is 1.83. The fourth-order valence-electron chi connectivity index (χ4n) is 4.21. The molecule has 2 aliphatic heterocycles. The van der Waals surface area contributed by atoms with Crippen molar-refractivity contribution < 1.29 is 14.3 Å². The lowest BCUT2D eigenvalue weighted by Crippen LogP contribution is -2.28. The van der Waals surface area contributed by atoms with Crippen LogP contribution in [0.4, 0.5) is 11.4 Å². The van der Waals surface area contributed by atoms with Crippen LogP contribution < -0.4 is 20.7 Å². The fourth-order valence-corrected chi connectivity index (χ4v) is 4.21. The Labute approximate surface area is 170 Å². The zero-order valence-corrected chi connectivity index (χ0v) is 16.1. The van der Waals surface area contributed by atoms with Gasteiger partial charge in [-0.1, -0.05) is 24.1 Å². The van der Waals surface area contributed by atoms with E-state index in [1.54, 1.807) is 0 Å². The second-order valence-corrected chi connectivity index (χ2v) is 7.35. The summed E-state index contributed by atoms with van der Waals surface area (Å²) in [6, 6.07) is 11.2. The van der Waals surface area contributed by atoms with Crippen molar-refractivity contribution in [2.24, 2.45) is 5.73 Å². The number of hydrogen-bond acceptors (Lipinski definition) is 4. The molecule has 0 bridgehead atoms. The summed E-state index contributed by atoms with van der Waals surface area (Å²) in [5.74, 6) is 2.31. The minimum absolute atomic E-state index is 0.0755. The standard InChI is InChI=1S/C23H23N3O3/c1-2-11-29-21-8-4-3-7-15(21)16-13-22(27)25-19-14-20(26-9-5-6-10-26)18(23(24)28)12-17(16)19/h1,3-4,7-8,12,14,16H,5-6,9-11,13H2,(H2,24,28)(H,25,27)/t16-/m1/s1. The third-order valence-electron chi connectivity index (χ3n) is 5.52. The Bertz CT molecular complexity index is 1000. The average molecular weight is 389 g/mol. The van der Waals surface area contributed by atoms with Gasteiger partial charge in [0.05, 0.1) is 11.3 Å². The number of para-hydroxylation sites is 1. The SMILES string of the molecule is C#CCOc1ccccc1[C@H]1CC(=O)Nc2cc(N3CCCC3)c(C(N)=O)cc21. The molecule has 6 nitrogen and oxygen atoms in total. The summed E-state index contributed by atoms with van der Waals surface area (Å²) in [4.78, 5) is 26.9. The van der Waals surface area contributed by atoms with Crippen molar-refractivity contribution in [3.8, 4) is 18.1 Å². The minimum atomic E-state index is -0.470. The number of nitrogens with zero attached hydrogens (tertiary/aromatic N) is 1. The number of nitrogens with two attached hydrogens (primary N) is 1. The highest BCUT2D eigenvalue weighted by molar-refractivity contribution is 6.03. The van der Waals surface area contributed by atoms with Crippen molar-refractivity contribution in [3.05, 3.63) is 53.1 Å². The van der Waals surface area contributed by atoms with E-state index in [2.05, 4.69) is 16.1 Å². The molecule has 1 fully saturated rings. The number of carbonyl (C=O) groups excluding carboxylic acids is 2. The molecule has 0 unspecified atom stereocenters. The van der Waals surface area contributed by atoms with Crippen molar-refractivity contribution in [2.75, 3.05) is 29.9 Å². The van der Waals surface area contributed by atoms with E-state index < -0.39 is 5.91 Å². The average Bonchev–Trinajstić information content (AvgIpc) is 3.25. The molecule has 2 aliphatic rings. The van der Waals surface area contributed by atoms with Crippen LogP contribution in [0.15, 0.2) is 36.4 Å². The summed E-state index contributed by atoms with van der Waals surface area (Å²) in [5.41, 5.74) is 9.42. The van der Waals surface area contributed by atoms with Crippen LogP contribution in [0.5, 0.6) is 5.75 Å². The topological polar surface area (TPSA) is 84.7 Å². The largest absolute Gasteiger partial charge is 0.481 e. The van der Waals surface area contributed by atoms with Gasteiger partial charge in [0, 0.05) is 36.7 Å². The van der Waals surface area contributed by atoms with Crippen molar-refractivity contribution in [1.82, 2.24) is 0 Å². The van der Waals surface area contributed by atoms with E-state index in [9.17, 15) is 9.59 Å². The highest BCUT2D eigenvalue weighted by Gasteiger charge is 2.31. The Morgan fingerprint density at radius 1 is 1.24 bits per heavy atom. The number of amides is 2. The molecular formula is C23H23N3O3. The molecular weight excluding hydrogens is 366 g/mol. The first kappa shape index (κ1) is 18.9. The summed E-state index contributed by atoms with van der Waals surface area (Å²) < 4.78 is 5.70. The predicted molar refractivity (Wildman–Crippen MR) is 112 cm³/mol. The maximum atomic E-state index is 12.5. The summed E-state index contributed by atoms with van der Waals surface area (Å²) in [5, 5.41) is 2.96. The Morgan fingerprint density at radius 3 is 2.72 bits per heavy atom. The van der Waals surface area contributed by atoms with Gasteiger partial charge in [0.2, 0.25) is 5.91 Å². The lowest BCUT2D eigenvalue weighted by atomic mass is 9.83. The number of terminal acetylenes is 1. The van der Waals surface area contributed by atoms with Gasteiger partial charge in [-0.3, -0.25) is 9.59 Å². The molecule has 0 radical (unpaired) electrons. The van der Waals surface area contributed by atoms with Crippen molar-refractivity contribution in [3.63, 3.8) is 0 Å². The molecule has 1 saturated heterocycles. The van der Waals surface area contributed by atoms with Gasteiger partial charge in [-0.2, -0.15) is 0 Å². The predicted octanol–water partition coefficient (Wildman–Crippen LogP) is 2.87. The molecule has 0 saturated carbocycles. The van der Waals surface area contributed by atoms with E-state index in [1.165, 1.54) is 0 Å². The molecule has 2 aromatic carbocycles. The third-order valence-corrected chi connectivity index (χ3v) is 5.52. The van der Waals surface area contributed by atoms with E-state index in [1.807, 2.05) is 36.4 Å². The number of fused-ring (bicyclic) bond motifs is 1. The maximum absolute atomic E-state index is 12.5. The van der Waals surface area contributed by atoms with Gasteiger partial charge in [0.25, 0.3) is 5.91 Å².